The lowest BCUT2D eigenvalue weighted by atomic mass is 9.91. The molecule has 1 amide bonds. The van der Waals surface area contributed by atoms with E-state index in [-0.39, 0.29) is 42.5 Å². The van der Waals surface area contributed by atoms with Crippen LogP contribution in [0.3, 0.4) is 0 Å². The lowest BCUT2D eigenvalue weighted by Crippen LogP contribution is -2.47. The van der Waals surface area contributed by atoms with Crippen LogP contribution in [0.15, 0.2) is 60.9 Å². The summed E-state index contributed by atoms with van der Waals surface area (Å²) in [6.45, 7) is 1.62. The first kappa shape index (κ1) is 30.4. The second-order valence-electron chi connectivity index (χ2n) is 11.0. The predicted octanol–water partition coefficient (Wildman–Crippen LogP) is 3.47. The van der Waals surface area contributed by atoms with E-state index in [2.05, 4.69) is 25.9 Å². The number of ether oxygens (including phenoxy) is 1. The third kappa shape index (κ3) is 7.48. The summed E-state index contributed by atoms with van der Waals surface area (Å²) in [6, 6.07) is 12.5. The largest absolute Gasteiger partial charge is 0.394 e. The molecule has 13 heteroatoms. The summed E-state index contributed by atoms with van der Waals surface area (Å²) in [6.07, 6.45) is 7.14. The highest BCUT2D eigenvalue weighted by molar-refractivity contribution is 5.58. The zero-order valence-corrected chi connectivity index (χ0v) is 23.7. The fourth-order valence-electron chi connectivity index (χ4n) is 5.68. The van der Waals surface area contributed by atoms with Crippen LogP contribution in [0.4, 0.5) is 8.78 Å². The molecule has 2 aromatic carbocycles. The van der Waals surface area contributed by atoms with Gasteiger partial charge < -0.3 is 20.3 Å². The SMILES string of the molecule is CC1CC(n2cc(-c3cccc(F)c3)nn2)C(O)C(CO)O1.O=CNC1CCCC(n2cc(-c3cccc(F)c3)nn2)C1. The summed E-state index contributed by atoms with van der Waals surface area (Å²) < 4.78 is 35.4. The van der Waals surface area contributed by atoms with Gasteiger partial charge in [-0.3, -0.25) is 4.79 Å². The molecule has 2 fully saturated rings. The molecule has 4 aromatic rings. The molecule has 2 aromatic heterocycles. The molecule has 3 N–H and O–H groups in total. The molecule has 0 radical (unpaired) electrons. The second kappa shape index (κ2) is 13.9. The summed E-state index contributed by atoms with van der Waals surface area (Å²) >= 11 is 0. The molecular weight excluding hydrogens is 560 g/mol. The van der Waals surface area contributed by atoms with E-state index in [9.17, 15) is 23.8 Å². The van der Waals surface area contributed by atoms with E-state index in [1.54, 1.807) is 29.1 Å². The quantitative estimate of drug-likeness (QED) is 0.276. The van der Waals surface area contributed by atoms with Crippen molar-refractivity contribution in [2.75, 3.05) is 6.61 Å². The Hall–Kier alpha value is -4.07. The number of carbonyl (C=O) groups excluding carboxylic acids is 1. The second-order valence-corrected chi connectivity index (χ2v) is 11.0. The van der Waals surface area contributed by atoms with Gasteiger partial charge in [0.05, 0.1) is 37.2 Å². The van der Waals surface area contributed by atoms with E-state index in [0.29, 0.717) is 23.4 Å². The van der Waals surface area contributed by atoms with E-state index >= 15 is 0 Å². The van der Waals surface area contributed by atoms with Crippen molar-refractivity contribution in [1.82, 2.24) is 35.3 Å². The molecule has 1 saturated carbocycles. The van der Waals surface area contributed by atoms with Crippen LogP contribution in [0.2, 0.25) is 0 Å². The Balaban J connectivity index is 0.000000171. The molecule has 1 aliphatic carbocycles. The van der Waals surface area contributed by atoms with Crippen molar-refractivity contribution in [2.24, 2.45) is 0 Å². The molecule has 0 bridgehead atoms. The standard InChI is InChI=1S/C15H17FN4O.C15H18FN3O3/c16-12-4-1-3-11(7-12)15-9-20(19-18-15)14-6-2-5-13(8-14)17-10-21;1-9-5-13(15(21)14(8-20)22-9)19-7-12(17-18-19)10-3-2-4-11(16)6-10/h1,3-4,7,9-10,13-14H,2,5-6,8H2,(H,17,21);2-4,6-7,9,13-15,20-21H,5,8H2,1H3. The Kier molecular flexibility index (Phi) is 9.85. The molecule has 6 atom stereocenters. The van der Waals surface area contributed by atoms with Gasteiger partial charge in [0.25, 0.3) is 0 Å². The van der Waals surface area contributed by atoms with Crippen LogP contribution in [0, 0.1) is 11.6 Å². The highest BCUT2D eigenvalue weighted by Gasteiger charge is 2.37. The summed E-state index contributed by atoms with van der Waals surface area (Å²) in [4.78, 5) is 10.6. The van der Waals surface area contributed by atoms with Crippen molar-refractivity contribution in [2.45, 2.75) is 75.5 Å². The smallest absolute Gasteiger partial charge is 0.207 e. The number of amides is 1. The van der Waals surface area contributed by atoms with Crippen molar-refractivity contribution in [3.05, 3.63) is 72.6 Å². The van der Waals surface area contributed by atoms with Gasteiger partial charge in [-0.2, -0.15) is 0 Å². The van der Waals surface area contributed by atoms with Gasteiger partial charge in [-0.15, -0.1) is 10.2 Å². The molecule has 2 aliphatic rings. The van der Waals surface area contributed by atoms with E-state index in [1.165, 1.54) is 24.3 Å². The molecule has 3 heterocycles. The minimum absolute atomic E-state index is 0.104. The number of aromatic nitrogens is 6. The molecule has 11 nitrogen and oxygen atoms in total. The first-order valence-electron chi connectivity index (χ1n) is 14.3. The number of hydrogen-bond donors (Lipinski definition) is 3. The maximum Gasteiger partial charge on any atom is 0.207 e. The lowest BCUT2D eigenvalue weighted by molar-refractivity contribution is -0.150. The normalized spacial score (nSPS) is 25.4. The van der Waals surface area contributed by atoms with E-state index in [4.69, 9.17) is 4.74 Å². The molecule has 6 unspecified atom stereocenters. The highest BCUT2D eigenvalue weighted by atomic mass is 19.1. The van der Waals surface area contributed by atoms with E-state index < -0.39 is 12.2 Å². The number of aliphatic hydroxyl groups is 2. The van der Waals surface area contributed by atoms with Gasteiger partial charge in [0, 0.05) is 17.2 Å². The van der Waals surface area contributed by atoms with Crippen LogP contribution >= 0.6 is 0 Å². The van der Waals surface area contributed by atoms with Gasteiger partial charge >= 0.3 is 0 Å². The monoisotopic (exact) mass is 595 g/mol. The Morgan fingerprint density at radius 3 is 2.21 bits per heavy atom. The molecule has 1 saturated heterocycles. The van der Waals surface area contributed by atoms with Crippen molar-refractivity contribution in [3.8, 4) is 22.5 Å². The first-order valence-corrected chi connectivity index (χ1v) is 14.3. The summed E-state index contributed by atoms with van der Waals surface area (Å²) in [5.41, 5.74) is 2.55. The molecule has 6 rings (SSSR count). The fourth-order valence-corrected chi connectivity index (χ4v) is 5.68. The van der Waals surface area contributed by atoms with Gasteiger partial charge in [0.15, 0.2) is 0 Å². The fraction of sp³-hybridized carbons (Fsp3) is 0.433. The first-order chi connectivity index (χ1) is 20.8. The van der Waals surface area contributed by atoms with Crippen molar-refractivity contribution in [3.63, 3.8) is 0 Å². The summed E-state index contributed by atoms with van der Waals surface area (Å²) in [7, 11) is 0. The van der Waals surface area contributed by atoms with E-state index in [1.807, 2.05) is 23.9 Å². The molecule has 228 valence electrons. The number of carbonyl (C=O) groups is 1. The molecular formula is C30H35F2N7O4. The van der Waals surface area contributed by atoms with Crippen LogP contribution in [-0.4, -0.2) is 77.6 Å². The van der Waals surface area contributed by atoms with Crippen LogP contribution in [0.1, 0.15) is 51.1 Å². The van der Waals surface area contributed by atoms with Gasteiger partial charge in [-0.25, -0.2) is 18.1 Å². The van der Waals surface area contributed by atoms with Crippen LogP contribution in [0.5, 0.6) is 0 Å². The van der Waals surface area contributed by atoms with Gasteiger partial charge in [0.2, 0.25) is 6.41 Å². The van der Waals surface area contributed by atoms with Crippen molar-refractivity contribution in [1.29, 1.82) is 0 Å². The van der Waals surface area contributed by atoms with Crippen molar-refractivity contribution >= 4 is 6.41 Å². The van der Waals surface area contributed by atoms with Crippen molar-refractivity contribution < 1.29 is 28.5 Å². The maximum atomic E-state index is 13.3. The minimum atomic E-state index is -0.872. The molecule has 1 aliphatic heterocycles. The van der Waals surface area contributed by atoms with Crippen LogP contribution < -0.4 is 5.32 Å². The highest BCUT2D eigenvalue weighted by Crippen LogP contribution is 2.31. The Bertz CT molecular complexity index is 1500. The molecule has 43 heavy (non-hydrogen) atoms. The zero-order valence-electron chi connectivity index (χ0n) is 23.7. The Labute approximate surface area is 247 Å². The predicted molar refractivity (Wildman–Crippen MR) is 152 cm³/mol. The third-order valence-corrected chi connectivity index (χ3v) is 7.86. The van der Waals surface area contributed by atoms with Gasteiger partial charge in [-0.05, 0) is 63.3 Å². The maximum absolute atomic E-state index is 13.3. The van der Waals surface area contributed by atoms with Crippen LogP contribution in [-0.2, 0) is 9.53 Å². The number of rotatable bonds is 7. The molecule has 0 spiro atoms. The average Bonchev–Trinajstić information content (AvgIpc) is 3.70. The number of halogens is 2. The third-order valence-electron chi connectivity index (χ3n) is 7.86. The summed E-state index contributed by atoms with van der Waals surface area (Å²) in [5.74, 6) is -0.623. The minimum Gasteiger partial charge on any atom is -0.394 e. The summed E-state index contributed by atoms with van der Waals surface area (Å²) in [5, 5.41) is 38.8. The Morgan fingerprint density at radius 2 is 1.60 bits per heavy atom. The van der Waals surface area contributed by atoms with Gasteiger partial charge in [-0.1, -0.05) is 34.7 Å². The average molecular weight is 596 g/mol. The van der Waals surface area contributed by atoms with E-state index in [0.717, 1.165) is 37.7 Å². The van der Waals surface area contributed by atoms with Gasteiger partial charge in [0.1, 0.15) is 35.2 Å². The number of nitrogens with one attached hydrogen (secondary N) is 1. The number of aliphatic hydroxyl groups excluding tert-OH is 2. The number of hydrogen-bond acceptors (Lipinski definition) is 8. The number of nitrogens with zero attached hydrogens (tertiary/aromatic N) is 6. The van der Waals surface area contributed by atoms with Crippen LogP contribution in [0.25, 0.3) is 22.5 Å². The topological polar surface area (TPSA) is 140 Å². The Morgan fingerprint density at radius 1 is 0.977 bits per heavy atom. The number of benzene rings is 2. The zero-order chi connectivity index (χ0) is 30.3. The lowest BCUT2D eigenvalue weighted by Gasteiger charge is -2.37.